The molecule has 17 heavy (non-hydrogen) atoms. The van der Waals surface area contributed by atoms with Gasteiger partial charge in [-0.25, -0.2) is 4.39 Å². The Kier molecular flexibility index (Phi) is 3.79. The third kappa shape index (κ3) is 2.86. The molecule has 3 heteroatoms. The maximum atomic E-state index is 13.9. The zero-order valence-corrected chi connectivity index (χ0v) is 9.88. The molecule has 0 aromatic heterocycles. The molecule has 0 saturated heterocycles. The van der Waals surface area contributed by atoms with Crippen LogP contribution in [0.15, 0.2) is 53.4 Å². The largest absolute Gasteiger partial charge is 0.206 e. The van der Waals surface area contributed by atoms with Gasteiger partial charge in [-0.15, -0.1) is 11.8 Å². The highest BCUT2D eigenvalue weighted by Crippen LogP contribution is 2.27. The van der Waals surface area contributed by atoms with Crippen LogP contribution in [-0.2, 0) is 0 Å². The van der Waals surface area contributed by atoms with Gasteiger partial charge in [0.1, 0.15) is 5.82 Å². The van der Waals surface area contributed by atoms with E-state index in [1.54, 1.807) is 6.07 Å². The standard InChI is InChI=1S/C14H10FNS/c15-14-10-12(17-9-8-16)6-7-13(14)11-4-2-1-3-5-11/h1-7,10H,9H2. The summed E-state index contributed by atoms with van der Waals surface area (Å²) in [7, 11) is 0. The van der Waals surface area contributed by atoms with E-state index < -0.39 is 0 Å². The Labute approximate surface area is 104 Å². The van der Waals surface area contributed by atoms with Crippen LogP contribution in [0.5, 0.6) is 0 Å². The molecule has 0 spiro atoms. The molecule has 0 heterocycles. The molecule has 0 bridgehead atoms. The monoisotopic (exact) mass is 243 g/mol. The van der Waals surface area contributed by atoms with Crippen molar-refractivity contribution in [1.82, 2.24) is 0 Å². The molecule has 0 N–H and O–H groups in total. The maximum Gasteiger partial charge on any atom is 0.132 e. The molecule has 84 valence electrons. The van der Waals surface area contributed by atoms with Gasteiger partial charge in [0.05, 0.1) is 11.8 Å². The first-order valence-electron chi connectivity index (χ1n) is 5.16. The predicted octanol–water partition coefficient (Wildman–Crippen LogP) is 4.11. The molecule has 1 nitrogen and oxygen atoms in total. The Hall–Kier alpha value is -1.79. The van der Waals surface area contributed by atoms with Gasteiger partial charge in [0, 0.05) is 10.5 Å². The molecule has 0 aliphatic rings. The fraction of sp³-hybridized carbons (Fsp3) is 0.0714. The van der Waals surface area contributed by atoms with Gasteiger partial charge >= 0.3 is 0 Å². The van der Waals surface area contributed by atoms with Crippen molar-refractivity contribution in [3.8, 4) is 17.2 Å². The van der Waals surface area contributed by atoms with Gasteiger partial charge in [-0.3, -0.25) is 0 Å². The fourth-order valence-corrected chi connectivity index (χ4v) is 2.14. The Morgan fingerprint density at radius 1 is 1.12 bits per heavy atom. The van der Waals surface area contributed by atoms with Crippen molar-refractivity contribution in [2.75, 3.05) is 5.75 Å². The normalized spacial score (nSPS) is 9.88. The molecule has 2 aromatic carbocycles. The van der Waals surface area contributed by atoms with E-state index in [1.807, 2.05) is 42.5 Å². The highest BCUT2D eigenvalue weighted by atomic mass is 32.2. The SMILES string of the molecule is N#CCSc1ccc(-c2ccccc2)c(F)c1. The molecule has 0 unspecified atom stereocenters. The van der Waals surface area contributed by atoms with Gasteiger partial charge in [0.15, 0.2) is 0 Å². The molecular weight excluding hydrogens is 233 g/mol. The first kappa shape index (κ1) is 11.7. The average Bonchev–Trinajstić information content (AvgIpc) is 2.37. The molecule has 0 saturated carbocycles. The van der Waals surface area contributed by atoms with E-state index >= 15 is 0 Å². The Morgan fingerprint density at radius 2 is 1.88 bits per heavy atom. The molecule has 2 rings (SSSR count). The van der Waals surface area contributed by atoms with E-state index in [-0.39, 0.29) is 5.82 Å². The van der Waals surface area contributed by atoms with Crippen LogP contribution in [0, 0.1) is 17.1 Å². The van der Waals surface area contributed by atoms with E-state index in [0.717, 1.165) is 10.5 Å². The molecule has 0 fully saturated rings. The predicted molar refractivity (Wildman–Crippen MR) is 68.2 cm³/mol. The van der Waals surface area contributed by atoms with E-state index in [0.29, 0.717) is 11.3 Å². The molecule has 2 aromatic rings. The van der Waals surface area contributed by atoms with Crippen LogP contribution >= 0.6 is 11.8 Å². The lowest BCUT2D eigenvalue weighted by Crippen LogP contribution is -1.85. The summed E-state index contributed by atoms with van der Waals surface area (Å²) < 4.78 is 13.9. The summed E-state index contributed by atoms with van der Waals surface area (Å²) in [5.41, 5.74) is 1.45. The molecule has 0 radical (unpaired) electrons. The zero-order chi connectivity index (χ0) is 12.1. The highest BCUT2D eigenvalue weighted by molar-refractivity contribution is 7.99. The summed E-state index contributed by atoms with van der Waals surface area (Å²) in [5, 5.41) is 8.46. The lowest BCUT2D eigenvalue weighted by atomic mass is 10.1. The minimum Gasteiger partial charge on any atom is -0.206 e. The summed E-state index contributed by atoms with van der Waals surface area (Å²) in [6.45, 7) is 0. The lowest BCUT2D eigenvalue weighted by molar-refractivity contribution is 0.628. The summed E-state index contributed by atoms with van der Waals surface area (Å²) in [5.74, 6) is 0.0866. The Bertz CT molecular complexity index is 546. The molecule has 0 atom stereocenters. The van der Waals surface area contributed by atoms with Crippen LogP contribution in [0.25, 0.3) is 11.1 Å². The summed E-state index contributed by atoms with van der Waals surface area (Å²) in [6.07, 6.45) is 0. The number of nitrogens with zero attached hydrogens (tertiary/aromatic N) is 1. The quantitative estimate of drug-likeness (QED) is 0.757. The number of halogens is 1. The molecular formula is C14H10FNS. The van der Waals surface area contributed by atoms with E-state index in [4.69, 9.17) is 5.26 Å². The van der Waals surface area contributed by atoms with Gasteiger partial charge in [-0.1, -0.05) is 36.4 Å². The number of thioether (sulfide) groups is 1. The van der Waals surface area contributed by atoms with Crippen molar-refractivity contribution in [1.29, 1.82) is 5.26 Å². The summed E-state index contributed by atoms with van der Waals surface area (Å²) in [6, 6.07) is 16.5. The Morgan fingerprint density at radius 3 is 2.53 bits per heavy atom. The van der Waals surface area contributed by atoms with Crippen molar-refractivity contribution >= 4 is 11.8 Å². The van der Waals surface area contributed by atoms with Crippen molar-refractivity contribution in [2.45, 2.75) is 4.90 Å². The molecule has 0 aliphatic heterocycles. The molecule has 0 aliphatic carbocycles. The third-order valence-corrected chi connectivity index (χ3v) is 3.19. The second kappa shape index (κ2) is 5.51. The minimum absolute atomic E-state index is 0.251. The topological polar surface area (TPSA) is 23.8 Å². The minimum atomic E-state index is -0.251. The van der Waals surface area contributed by atoms with Gasteiger partial charge in [-0.05, 0) is 17.7 Å². The van der Waals surface area contributed by atoms with E-state index in [2.05, 4.69) is 0 Å². The number of hydrogen-bond acceptors (Lipinski definition) is 2. The first-order valence-corrected chi connectivity index (χ1v) is 6.14. The fourth-order valence-electron chi connectivity index (χ4n) is 1.55. The van der Waals surface area contributed by atoms with E-state index in [9.17, 15) is 4.39 Å². The van der Waals surface area contributed by atoms with Gasteiger partial charge in [-0.2, -0.15) is 5.26 Å². The van der Waals surface area contributed by atoms with Crippen molar-refractivity contribution < 1.29 is 4.39 Å². The number of nitriles is 1. The highest BCUT2D eigenvalue weighted by Gasteiger charge is 2.05. The van der Waals surface area contributed by atoms with Crippen LogP contribution in [0.4, 0.5) is 4.39 Å². The first-order chi connectivity index (χ1) is 8.31. The van der Waals surface area contributed by atoms with Gasteiger partial charge in [0.25, 0.3) is 0 Å². The Balaban J connectivity index is 2.30. The second-order valence-corrected chi connectivity index (χ2v) is 4.50. The number of hydrogen-bond donors (Lipinski definition) is 0. The number of benzene rings is 2. The zero-order valence-electron chi connectivity index (χ0n) is 9.06. The lowest BCUT2D eigenvalue weighted by Gasteiger charge is -2.05. The summed E-state index contributed by atoms with van der Waals surface area (Å²) in [4.78, 5) is 0.781. The van der Waals surface area contributed by atoms with Crippen molar-refractivity contribution in [3.63, 3.8) is 0 Å². The number of rotatable bonds is 3. The van der Waals surface area contributed by atoms with Crippen LogP contribution in [0.3, 0.4) is 0 Å². The van der Waals surface area contributed by atoms with Crippen LogP contribution in [0.2, 0.25) is 0 Å². The smallest absolute Gasteiger partial charge is 0.132 e. The van der Waals surface area contributed by atoms with Crippen LogP contribution in [0.1, 0.15) is 0 Å². The average molecular weight is 243 g/mol. The van der Waals surface area contributed by atoms with Gasteiger partial charge in [0.2, 0.25) is 0 Å². The second-order valence-electron chi connectivity index (χ2n) is 3.45. The maximum absolute atomic E-state index is 13.9. The third-order valence-electron chi connectivity index (χ3n) is 2.33. The van der Waals surface area contributed by atoms with E-state index in [1.165, 1.54) is 17.8 Å². The van der Waals surface area contributed by atoms with Crippen LogP contribution < -0.4 is 0 Å². The van der Waals surface area contributed by atoms with Gasteiger partial charge < -0.3 is 0 Å². The van der Waals surface area contributed by atoms with Crippen molar-refractivity contribution in [3.05, 3.63) is 54.3 Å². The summed E-state index contributed by atoms with van der Waals surface area (Å²) >= 11 is 1.34. The molecule has 0 amide bonds. The van der Waals surface area contributed by atoms with Crippen LogP contribution in [-0.4, -0.2) is 5.75 Å². The van der Waals surface area contributed by atoms with Crippen molar-refractivity contribution in [2.24, 2.45) is 0 Å².